The summed E-state index contributed by atoms with van der Waals surface area (Å²) in [5.41, 5.74) is 2.04. The molecule has 6 rings (SSSR count). The van der Waals surface area contributed by atoms with Gasteiger partial charge >= 0.3 is 5.97 Å². The minimum absolute atomic E-state index is 0.00943. The van der Waals surface area contributed by atoms with Gasteiger partial charge in [0.2, 0.25) is 11.9 Å². The Kier molecular flexibility index (Phi) is 9.29. The third kappa shape index (κ3) is 6.46. The number of piperazine rings is 1. The average molecular weight is 631 g/mol. The van der Waals surface area contributed by atoms with E-state index in [0.29, 0.717) is 61.1 Å². The molecule has 0 unspecified atom stereocenters. The Bertz CT molecular complexity index is 1670. The van der Waals surface area contributed by atoms with E-state index in [9.17, 15) is 19.2 Å². The summed E-state index contributed by atoms with van der Waals surface area (Å²) < 4.78 is 6.56. The Balaban J connectivity index is 1.08. The molecule has 0 bridgehead atoms. The molecule has 0 atom stereocenters. The van der Waals surface area contributed by atoms with Gasteiger partial charge in [-0.05, 0) is 70.3 Å². The zero-order valence-corrected chi connectivity index (χ0v) is 26.8. The predicted octanol–water partition coefficient (Wildman–Crippen LogP) is 3.09. The number of methoxy groups -OCH3 is 1. The lowest BCUT2D eigenvalue weighted by atomic mass is 9.97. The highest BCUT2D eigenvalue weighted by molar-refractivity contribution is 5.99. The molecule has 46 heavy (non-hydrogen) atoms. The van der Waals surface area contributed by atoms with Gasteiger partial charge in [0.1, 0.15) is 11.5 Å². The number of piperidine rings is 1. The molecule has 3 aromatic rings. The summed E-state index contributed by atoms with van der Waals surface area (Å²) >= 11 is 0. The maximum atomic E-state index is 13.5. The van der Waals surface area contributed by atoms with Crippen molar-refractivity contribution >= 4 is 46.1 Å². The zero-order valence-electron chi connectivity index (χ0n) is 26.8. The maximum absolute atomic E-state index is 13.5. The summed E-state index contributed by atoms with van der Waals surface area (Å²) in [6, 6.07) is 3.86. The molecule has 1 aliphatic carbocycles. The van der Waals surface area contributed by atoms with Crippen molar-refractivity contribution in [3.63, 3.8) is 0 Å². The monoisotopic (exact) mass is 630 g/mol. The Morgan fingerprint density at radius 2 is 1.67 bits per heavy atom. The van der Waals surface area contributed by atoms with Crippen molar-refractivity contribution in [2.45, 2.75) is 58.4 Å². The minimum atomic E-state index is -0.279. The minimum Gasteiger partial charge on any atom is -0.469 e. The van der Waals surface area contributed by atoms with Crippen LogP contribution >= 0.6 is 0 Å². The first-order chi connectivity index (χ1) is 22.2. The van der Waals surface area contributed by atoms with Gasteiger partial charge in [0.25, 0.3) is 5.56 Å². The van der Waals surface area contributed by atoms with Gasteiger partial charge in [-0.1, -0.05) is 12.8 Å². The number of amides is 1. The number of fused-ring (bicyclic) bond motifs is 1. The van der Waals surface area contributed by atoms with E-state index < -0.39 is 0 Å². The number of nitrogens with zero attached hydrogens (tertiary/aromatic N) is 7. The third-order valence-corrected chi connectivity index (χ3v) is 9.72. The molecule has 0 aromatic carbocycles. The molecule has 0 radical (unpaired) electrons. The molecular weight excluding hydrogens is 588 g/mol. The molecule has 13 heteroatoms. The number of ketones is 1. The lowest BCUT2D eigenvalue weighted by Gasteiger charge is -2.37. The van der Waals surface area contributed by atoms with Gasteiger partial charge in [0.05, 0.1) is 37.0 Å². The molecule has 1 saturated carbocycles. The van der Waals surface area contributed by atoms with Crippen molar-refractivity contribution in [3.05, 3.63) is 46.0 Å². The SMILES string of the molecule is COC(=O)C1CCN(CC(=O)N2CCN(c3ccc(Nc4ncc5c(C)c(C(C)=O)c(=O)n(C6CCCC6)c5n4)nc3)CC2)CC1. The molecule has 244 valence electrons. The number of carbonyl (C=O) groups is 3. The molecular formula is C33H42N8O5. The van der Waals surface area contributed by atoms with E-state index in [2.05, 4.69) is 25.1 Å². The van der Waals surface area contributed by atoms with Crippen molar-refractivity contribution < 1.29 is 19.1 Å². The van der Waals surface area contributed by atoms with Crippen molar-refractivity contribution in [2.24, 2.45) is 5.92 Å². The molecule has 5 heterocycles. The van der Waals surface area contributed by atoms with Crippen LogP contribution in [-0.4, -0.2) is 99.9 Å². The van der Waals surface area contributed by atoms with Gasteiger partial charge in [-0.15, -0.1) is 0 Å². The summed E-state index contributed by atoms with van der Waals surface area (Å²) in [6.45, 7) is 7.72. The summed E-state index contributed by atoms with van der Waals surface area (Å²) in [6.07, 6.45) is 8.76. The van der Waals surface area contributed by atoms with Crippen LogP contribution in [0.1, 0.15) is 67.4 Å². The van der Waals surface area contributed by atoms with Gasteiger partial charge in [0, 0.05) is 43.8 Å². The van der Waals surface area contributed by atoms with E-state index in [0.717, 1.165) is 57.3 Å². The fourth-order valence-corrected chi connectivity index (χ4v) is 7.07. The number of anilines is 3. The second-order valence-corrected chi connectivity index (χ2v) is 12.6. The first-order valence-electron chi connectivity index (χ1n) is 16.2. The van der Waals surface area contributed by atoms with Crippen LogP contribution in [0.3, 0.4) is 0 Å². The van der Waals surface area contributed by atoms with E-state index in [1.807, 2.05) is 17.0 Å². The van der Waals surface area contributed by atoms with E-state index in [1.165, 1.54) is 14.0 Å². The van der Waals surface area contributed by atoms with Crippen molar-refractivity contribution in [2.75, 3.05) is 63.1 Å². The molecule has 2 aliphatic heterocycles. The van der Waals surface area contributed by atoms with Gasteiger partial charge in [-0.2, -0.15) is 4.98 Å². The molecule has 1 amide bonds. The number of pyridine rings is 2. The topological polar surface area (TPSA) is 143 Å². The van der Waals surface area contributed by atoms with Crippen molar-refractivity contribution in [3.8, 4) is 0 Å². The lowest BCUT2D eigenvalue weighted by molar-refractivity contribution is -0.147. The second kappa shape index (κ2) is 13.5. The van der Waals surface area contributed by atoms with Crippen LogP contribution in [0.25, 0.3) is 11.0 Å². The summed E-state index contributed by atoms with van der Waals surface area (Å²) in [7, 11) is 1.42. The average Bonchev–Trinajstić information content (AvgIpc) is 3.59. The molecule has 1 N–H and O–H groups in total. The number of rotatable bonds is 8. The standard InChI is InChI=1S/C33H42N8O5/c1-21-26-19-35-33(37-30(26)41(24-6-4-5-7-24)31(44)29(21)22(2)42)36-27-9-8-25(18-34-27)39-14-16-40(17-15-39)28(43)20-38-12-10-23(11-13-38)32(45)46-3/h8-9,18-19,23-24H,4-7,10-17,20H2,1-3H3,(H,34,35,36,37). The predicted molar refractivity (Wildman–Crippen MR) is 174 cm³/mol. The van der Waals surface area contributed by atoms with Crippen LogP contribution in [0.15, 0.2) is 29.3 Å². The van der Waals surface area contributed by atoms with E-state index >= 15 is 0 Å². The summed E-state index contributed by atoms with van der Waals surface area (Å²) in [5.74, 6) is 0.547. The molecule has 0 spiro atoms. The zero-order chi connectivity index (χ0) is 32.4. The number of ether oxygens (including phenoxy) is 1. The normalized spacial score (nSPS) is 18.2. The number of esters is 1. The van der Waals surface area contributed by atoms with E-state index in [-0.39, 0.29) is 40.7 Å². The quantitative estimate of drug-likeness (QED) is 0.290. The van der Waals surface area contributed by atoms with Crippen LogP contribution < -0.4 is 15.8 Å². The molecule has 3 fully saturated rings. The van der Waals surface area contributed by atoms with Crippen LogP contribution in [0, 0.1) is 12.8 Å². The molecule has 13 nitrogen and oxygen atoms in total. The fraction of sp³-hybridized carbons (Fsp3) is 0.545. The smallest absolute Gasteiger partial charge is 0.308 e. The fourth-order valence-electron chi connectivity index (χ4n) is 7.07. The first kappa shape index (κ1) is 31.6. The van der Waals surface area contributed by atoms with Gasteiger partial charge in [-0.25, -0.2) is 9.97 Å². The third-order valence-electron chi connectivity index (χ3n) is 9.72. The number of likely N-dealkylation sites (tertiary alicyclic amines) is 1. The van der Waals surface area contributed by atoms with Crippen LogP contribution in [0.4, 0.5) is 17.5 Å². The highest BCUT2D eigenvalue weighted by Gasteiger charge is 2.29. The van der Waals surface area contributed by atoms with Crippen LogP contribution in [-0.2, 0) is 14.3 Å². The number of hydrogen-bond acceptors (Lipinski definition) is 11. The van der Waals surface area contributed by atoms with E-state index in [4.69, 9.17) is 9.72 Å². The Labute approximate surface area is 267 Å². The van der Waals surface area contributed by atoms with Crippen molar-refractivity contribution in [1.82, 2.24) is 29.3 Å². The first-order valence-corrected chi connectivity index (χ1v) is 16.2. The Hall–Kier alpha value is -4.39. The maximum Gasteiger partial charge on any atom is 0.308 e. The van der Waals surface area contributed by atoms with Crippen LogP contribution in [0.2, 0.25) is 0 Å². The van der Waals surface area contributed by atoms with Gasteiger partial charge < -0.3 is 19.9 Å². The molecule has 2 saturated heterocycles. The van der Waals surface area contributed by atoms with Crippen molar-refractivity contribution in [1.29, 1.82) is 0 Å². The highest BCUT2D eigenvalue weighted by Crippen LogP contribution is 2.32. The molecule has 3 aromatic heterocycles. The number of nitrogens with one attached hydrogen (secondary N) is 1. The van der Waals surface area contributed by atoms with Gasteiger partial charge in [-0.3, -0.25) is 28.6 Å². The number of aromatic nitrogens is 4. The largest absolute Gasteiger partial charge is 0.469 e. The van der Waals surface area contributed by atoms with Crippen LogP contribution in [0.5, 0.6) is 0 Å². The lowest BCUT2D eigenvalue weighted by Crippen LogP contribution is -2.52. The highest BCUT2D eigenvalue weighted by atomic mass is 16.5. The van der Waals surface area contributed by atoms with Gasteiger partial charge in [0.15, 0.2) is 5.78 Å². The van der Waals surface area contributed by atoms with E-state index in [1.54, 1.807) is 23.9 Å². The number of hydrogen-bond donors (Lipinski definition) is 1. The molecule has 3 aliphatic rings. The number of aryl methyl sites for hydroxylation is 1. The summed E-state index contributed by atoms with van der Waals surface area (Å²) in [4.78, 5) is 70.7. The summed E-state index contributed by atoms with van der Waals surface area (Å²) in [5, 5.41) is 3.88. The second-order valence-electron chi connectivity index (χ2n) is 12.6. The Morgan fingerprint density at radius 1 is 0.957 bits per heavy atom. The Morgan fingerprint density at radius 3 is 2.30 bits per heavy atom. The number of carbonyl (C=O) groups excluding carboxylic acids is 3. The number of Topliss-reactive ketones (excluding diaryl/α,β-unsaturated/α-hetero) is 1.